The molecule has 9 heteroatoms. The number of halogens is 2. The minimum atomic E-state index is -1.55. The van der Waals surface area contributed by atoms with Crippen LogP contribution in [0.25, 0.3) is 11.0 Å². The summed E-state index contributed by atoms with van der Waals surface area (Å²) in [5, 5.41) is 16.8. The zero-order valence-electron chi connectivity index (χ0n) is 9.63. The fraction of sp³-hybridized carbons (Fsp3) is 0.0909. The number of aliphatic carboxylic acids is 1. The molecule has 0 spiro atoms. The third-order valence-electron chi connectivity index (χ3n) is 2.50. The maximum atomic E-state index is 13.3. The average molecular weight is 301 g/mol. The zero-order valence-corrected chi connectivity index (χ0v) is 10.4. The van der Waals surface area contributed by atoms with Crippen molar-refractivity contribution in [1.82, 2.24) is 9.55 Å². The SMILES string of the molecule is O=C(O)Cn1cc(C(=O)O)c(=O)c2cc(F)c(Cl)nc21. The van der Waals surface area contributed by atoms with Gasteiger partial charge in [0.2, 0.25) is 5.43 Å². The number of nitrogens with zero attached hydrogens (tertiary/aromatic N) is 2. The summed E-state index contributed by atoms with van der Waals surface area (Å²) >= 11 is 5.49. The molecule has 0 aromatic carbocycles. The lowest BCUT2D eigenvalue weighted by atomic mass is 10.2. The Labute approximate surface area is 114 Å². The number of aromatic nitrogens is 2. The quantitative estimate of drug-likeness (QED) is 0.817. The molecular weight excluding hydrogens is 295 g/mol. The minimum Gasteiger partial charge on any atom is -0.480 e. The van der Waals surface area contributed by atoms with Crippen molar-refractivity contribution in [2.45, 2.75) is 6.54 Å². The molecule has 0 radical (unpaired) electrons. The molecular formula is C11H6ClFN2O5. The number of carbonyl (C=O) groups is 2. The number of pyridine rings is 2. The Bertz CT molecular complexity index is 801. The molecule has 0 unspecified atom stereocenters. The van der Waals surface area contributed by atoms with Gasteiger partial charge in [-0.25, -0.2) is 14.2 Å². The Morgan fingerprint density at radius 2 is 2.05 bits per heavy atom. The van der Waals surface area contributed by atoms with Crippen LogP contribution >= 0.6 is 11.6 Å². The molecule has 0 aliphatic rings. The van der Waals surface area contributed by atoms with Crippen molar-refractivity contribution in [2.24, 2.45) is 0 Å². The number of fused-ring (bicyclic) bond motifs is 1. The molecule has 7 nitrogen and oxygen atoms in total. The van der Waals surface area contributed by atoms with E-state index in [9.17, 15) is 18.8 Å². The van der Waals surface area contributed by atoms with E-state index >= 15 is 0 Å². The van der Waals surface area contributed by atoms with E-state index in [-0.39, 0.29) is 11.0 Å². The first-order chi connectivity index (χ1) is 9.31. The van der Waals surface area contributed by atoms with Gasteiger partial charge in [0.1, 0.15) is 17.8 Å². The van der Waals surface area contributed by atoms with E-state index in [1.54, 1.807) is 0 Å². The van der Waals surface area contributed by atoms with Crippen LogP contribution in [-0.2, 0) is 11.3 Å². The zero-order chi connectivity index (χ0) is 15.0. The van der Waals surface area contributed by atoms with Crippen LogP contribution in [0.4, 0.5) is 4.39 Å². The van der Waals surface area contributed by atoms with Crippen LogP contribution in [0.15, 0.2) is 17.1 Å². The van der Waals surface area contributed by atoms with Crippen molar-refractivity contribution in [3.63, 3.8) is 0 Å². The van der Waals surface area contributed by atoms with Gasteiger partial charge in [-0.3, -0.25) is 9.59 Å². The summed E-state index contributed by atoms with van der Waals surface area (Å²) in [5.74, 6) is -3.83. The Morgan fingerprint density at radius 1 is 1.40 bits per heavy atom. The van der Waals surface area contributed by atoms with Crippen LogP contribution in [0.2, 0.25) is 5.15 Å². The summed E-state index contributed by atoms with van der Waals surface area (Å²) in [6.07, 6.45) is 0.836. The highest BCUT2D eigenvalue weighted by Gasteiger charge is 2.18. The molecule has 0 aliphatic heterocycles. The second-order valence-electron chi connectivity index (χ2n) is 3.83. The summed E-state index contributed by atoms with van der Waals surface area (Å²) in [5.41, 5.74) is -1.84. The summed E-state index contributed by atoms with van der Waals surface area (Å²) in [4.78, 5) is 37.2. The minimum absolute atomic E-state index is 0.200. The highest BCUT2D eigenvalue weighted by atomic mass is 35.5. The van der Waals surface area contributed by atoms with Gasteiger partial charge < -0.3 is 14.8 Å². The summed E-state index contributed by atoms with van der Waals surface area (Å²) in [7, 11) is 0. The molecule has 104 valence electrons. The van der Waals surface area contributed by atoms with Crippen molar-refractivity contribution in [3.05, 3.63) is 39.0 Å². The first-order valence-electron chi connectivity index (χ1n) is 5.15. The first kappa shape index (κ1) is 13.9. The third kappa shape index (κ3) is 2.32. The number of hydrogen-bond donors (Lipinski definition) is 2. The summed E-state index contributed by atoms with van der Waals surface area (Å²) in [6, 6.07) is 0.734. The molecule has 0 bridgehead atoms. The number of aromatic carboxylic acids is 1. The van der Waals surface area contributed by atoms with Gasteiger partial charge in [0.05, 0.1) is 5.39 Å². The molecule has 2 aromatic heterocycles. The molecule has 2 heterocycles. The van der Waals surface area contributed by atoms with E-state index < -0.39 is 40.4 Å². The Hall–Kier alpha value is -2.48. The highest BCUT2D eigenvalue weighted by molar-refractivity contribution is 6.29. The number of carboxylic acid groups (broad SMARTS) is 2. The van der Waals surface area contributed by atoms with Crippen LogP contribution in [0.3, 0.4) is 0 Å². The maximum absolute atomic E-state index is 13.3. The average Bonchev–Trinajstić information content (AvgIpc) is 2.34. The molecule has 2 N–H and O–H groups in total. The van der Waals surface area contributed by atoms with Gasteiger partial charge in [-0.05, 0) is 6.07 Å². The van der Waals surface area contributed by atoms with Crippen molar-refractivity contribution in [1.29, 1.82) is 0 Å². The summed E-state index contributed by atoms with van der Waals surface area (Å²) in [6.45, 7) is -0.647. The van der Waals surface area contributed by atoms with E-state index in [1.165, 1.54) is 0 Å². The molecule has 2 rings (SSSR count). The van der Waals surface area contributed by atoms with Gasteiger partial charge in [-0.15, -0.1) is 0 Å². The van der Waals surface area contributed by atoms with Crippen LogP contribution in [-0.4, -0.2) is 31.7 Å². The predicted molar refractivity (Wildman–Crippen MR) is 65.6 cm³/mol. The first-order valence-corrected chi connectivity index (χ1v) is 5.53. The standard InChI is InChI=1S/C11H6ClFN2O5/c12-9-6(13)1-4-8(18)5(11(19)20)2-15(3-7(16)17)10(4)14-9/h1-2H,3H2,(H,16,17)(H,19,20). The molecule has 0 saturated carbocycles. The molecule has 0 fully saturated rings. The van der Waals surface area contributed by atoms with Crippen LogP contribution in [0.5, 0.6) is 0 Å². The van der Waals surface area contributed by atoms with Crippen LogP contribution < -0.4 is 5.43 Å². The fourth-order valence-corrected chi connectivity index (χ4v) is 1.82. The fourth-order valence-electron chi connectivity index (χ4n) is 1.68. The largest absolute Gasteiger partial charge is 0.480 e. The van der Waals surface area contributed by atoms with Crippen molar-refractivity contribution < 1.29 is 24.2 Å². The van der Waals surface area contributed by atoms with Gasteiger partial charge in [-0.1, -0.05) is 11.6 Å². The van der Waals surface area contributed by atoms with Crippen LogP contribution in [0.1, 0.15) is 10.4 Å². The van der Waals surface area contributed by atoms with E-state index in [4.69, 9.17) is 21.8 Å². The second-order valence-corrected chi connectivity index (χ2v) is 4.19. The van der Waals surface area contributed by atoms with E-state index in [2.05, 4.69) is 4.98 Å². The predicted octanol–water partition coefficient (Wildman–Crippen LogP) is 0.972. The molecule has 0 aliphatic carbocycles. The topological polar surface area (TPSA) is 109 Å². The molecule has 0 atom stereocenters. The lowest BCUT2D eigenvalue weighted by molar-refractivity contribution is -0.137. The van der Waals surface area contributed by atoms with E-state index in [1.807, 2.05) is 0 Å². The second kappa shape index (κ2) is 4.89. The van der Waals surface area contributed by atoms with Crippen molar-refractivity contribution >= 4 is 34.6 Å². The van der Waals surface area contributed by atoms with Gasteiger partial charge in [-0.2, -0.15) is 0 Å². The summed E-state index contributed by atoms with van der Waals surface area (Å²) < 4.78 is 14.3. The lowest BCUT2D eigenvalue weighted by Crippen LogP contribution is -2.21. The third-order valence-corrected chi connectivity index (χ3v) is 2.76. The number of rotatable bonds is 3. The molecule has 20 heavy (non-hydrogen) atoms. The Morgan fingerprint density at radius 3 is 2.60 bits per heavy atom. The smallest absolute Gasteiger partial charge is 0.341 e. The maximum Gasteiger partial charge on any atom is 0.341 e. The van der Waals surface area contributed by atoms with E-state index in [0.29, 0.717) is 0 Å². The molecule has 0 amide bonds. The van der Waals surface area contributed by atoms with Gasteiger partial charge in [0.15, 0.2) is 11.0 Å². The van der Waals surface area contributed by atoms with Gasteiger partial charge in [0, 0.05) is 6.20 Å². The molecule has 0 saturated heterocycles. The number of hydrogen-bond acceptors (Lipinski definition) is 4. The highest BCUT2D eigenvalue weighted by Crippen LogP contribution is 2.17. The van der Waals surface area contributed by atoms with Gasteiger partial charge >= 0.3 is 11.9 Å². The monoisotopic (exact) mass is 300 g/mol. The van der Waals surface area contributed by atoms with Crippen molar-refractivity contribution in [3.8, 4) is 0 Å². The lowest BCUT2D eigenvalue weighted by Gasteiger charge is -2.09. The molecule has 2 aromatic rings. The van der Waals surface area contributed by atoms with E-state index in [0.717, 1.165) is 16.8 Å². The number of carboxylic acids is 2. The van der Waals surface area contributed by atoms with Crippen molar-refractivity contribution in [2.75, 3.05) is 0 Å². The van der Waals surface area contributed by atoms with Crippen LogP contribution in [0, 0.1) is 5.82 Å². The normalized spacial score (nSPS) is 10.7. The Balaban J connectivity index is 2.92. The Kier molecular flexibility index (Phi) is 3.41. The van der Waals surface area contributed by atoms with Gasteiger partial charge in [0.25, 0.3) is 0 Å².